The Morgan fingerprint density at radius 2 is 2.14 bits per heavy atom. The number of anilines is 2. The molecule has 4 N–H and O–H groups in total. The van der Waals surface area contributed by atoms with E-state index >= 15 is 0 Å². The fourth-order valence-electron chi connectivity index (χ4n) is 2.29. The summed E-state index contributed by atoms with van der Waals surface area (Å²) in [5, 5.41) is 2.85. The number of nitrogens with zero attached hydrogens (tertiary/aromatic N) is 1. The van der Waals surface area contributed by atoms with E-state index < -0.39 is 0 Å². The lowest BCUT2D eigenvalue weighted by Crippen LogP contribution is -2.37. The molecular weight excluding hydrogens is 288 g/mol. The molecule has 1 aliphatic heterocycles. The fraction of sp³-hybridized carbons (Fsp3) is 0.143. The van der Waals surface area contributed by atoms with Crippen molar-refractivity contribution in [3.8, 4) is 0 Å². The number of carbonyl (C=O) groups excluding carboxylic acids is 2. The molecule has 1 aromatic carbocycles. The molecule has 0 spiro atoms. The Balaban J connectivity index is 1.83. The molecule has 2 aromatic rings. The van der Waals surface area contributed by atoms with Crippen LogP contribution in [0.4, 0.5) is 11.4 Å². The largest absolute Gasteiger partial charge is 0.355 e. The lowest BCUT2D eigenvalue weighted by atomic mass is 10.2. The predicted molar refractivity (Wildman–Crippen MR) is 82.1 cm³/mol. The minimum atomic E-state index is -0.303. The fourth-order valence-corrected chi connectivity index (χ4v) is 3.22. The zero-order valence-corrected chi connectivity index (χ0v) is 11.9. The summed E-state index contributed by atoms with van der Waals surface area (Å²) in [6.45, 7) is 0.875. The molecule has 0 unspecified atom stereocenters. The molecule has 2 heterocycles. The first-order chi connectivity index (χ1) is 10.2. The van der Waals surface area contributed by atoms with E-state index in [1.807, 2.05) is 35.2 Å². The van der Waals surface area contributed by atoms with Crippen LogP contribution in [0, 0.1) is 0 Å². The number of nitrogens with one attached hydrogen (secondary N) is 2. The first-order valence-corrected chi connectivity index (χ1v) is 7.22. The minimum absolute atomic E-state index is 0.0369. The van der Waals surface area contributed by atoms with Gasteiger partial charge in [0.15, 0.2) is 0 Å². The van der Waals surface area contributed by atoms with Crippen molar-refractivity contribution in [2.75, 3.05) is 16.8 Å². The van der Waals surface area contributed by atoms with E-state index in [9.17, 15) is 9.59 Å². The summed E-state index contributed by atoms with van der Waals surface area (Å²) in [7, 11) is 0. The van der Waals surface area contributed by atoms with Crippen molar-refractivity contribution in [3.05, 3.63) is 46.2 Å². The Morgan fingerprint density at radius 1 is 1.33 bits per heavy atom. The number of carbonyl (C=O) groups is 2. The number of fused-ring (bicyclic) bond motifs is 1. The van der Waals surface area contributed by atoms with E-state index in [0.29, 0.717) is 18.0 Å². The van der Waals surface area contributed by atoms with Crippen molar-refractivity contribution in [1.82, 2.24) is 5.43 Å². The molecule has 21 heavy (non-hydrogen) atoms. The van der Waals surface area contributed by atoms with Gasteiger partial charge in [0.1, 0.15) is 0 Å². The highest BCUT2D eigenvalue weighted by molar-refractivity contribution is 7.14. The maximum atomic E-state index is 11.8. The number of nitrogen functional groups attached to an aromatic ring is 1. The van der Waals surface area contributed by atoms with Crippen LogP contribution in [-0.2, 0) is 11.3 Å². The van der Waals surface area contributed by atoms with Crippen molar-refractivity contribution in [2.24, 2.45) is 5.84 Å². The van der Waals surface area contributed by atoms with E-state index in [0.717, 1.165) is 16.3 Å². The van der Waals surface area contributed by atoms with Gasteiger partial charge in [0.25, 0.3) is 5.91 Å². The van der Waals surface area contributed by atoms with Crippen molar-refractivity contribution in [2.45, 2.75) is 6.54 Å². The van der Waals surface area contributed by atoms with Gasteiger partial charge in [-0.15, -0.1) is 11.3 Å². The number of amides is 2. The zero-order chi connectivity index (χ0) is 14.8. The van der Waals surface area contributed by atoms with E-state index in [1.54, 1.807) is 6.07 Å². The van der Waals surface area contributed by atoms with Gasteiger partial charge in [-0.3, -0.25) is 15.0 Å². The highest BCUT2D eigenvalue weighted by Gasteiger charge is 2.22. The average Bonchev–Trinajstić information content (AvgIpc) is 2.95. The second-order valence-electron chi connectivity index (χ2n) is 4.66. The molecule has 108 valence electrons. The Hall–Kier alpha value is -2.38. The van der Waals surface area contributed by atoms with Crippen molar-refractivity contribution >= 4 is 34.5 Å². The standard InChI is InChI=1S/C14H14N4O2S/c15-17-14(20)12-6-5-9(21-12)7-18-8-13(19)16-10-3-1-2-4-11(10)18/h1-6H,7-8,15H2,(H,16,19)(H,17,20). The van der Waals surface area contributed by atoms with Crippen molar-refractivity contribution in [1.29, 1.82) is 0 Å². The van der Waals surface area contributed by atoms with Crippen LogP contribution in [0.25, 0.3) is 0 Å². The van der Waals surface area contributed by atoms with E-state index in [2.05, 4.69) is 10.7 Å². The Labute approximate surface area is 125 Å². The number of hydrazine groups is 1. The normalized spacial score (nSPS) is 13.6. The number of para-hydroxylation sites is 2. The summed E-state index contributed by atoms with van der Waals surface area (Å²) >= 11 is 1.37. The van der Waals surface area contributed by atoms with Gasteiger partial charge in [0.2, 0.25) is 5.91 Å². The Morgan fingerprint density at radius 3 is 2.95 bits per heavy atom. The van der Waals surface area contributed by atoms with Crippen LogP contribution < -0.4 is 21.5 Å². The molecule has 0 bridgehead atoms. The third-order valence-corrected chi connectivity index (χ3v) is 4.29. The molecule has 0 saturated heterocycles. The second kappa shape index (κ2) is 5.55. The molecule has 0 saturated carbocycles. The quantitative estimate of drug-likeness (QED) is 0.453. The van der Waals surface area contributed by atoms with Crippen molar-refractivity contribution < 1.29 is 9.59 Å². The molecule has 0 aliphatic carbocycles. The maximum Gasteiger partial charge on any atom is 0.275 e. The van der Waals surface area contributed by atoms with Gasteiger partial charge >= 0.3 is 0 Å². The number of hydrogen-bond donors (Lipinski definition) is 3. The van der Waals surface area contributed by atoms with Crippen LogP contribution in [-0.4, -0.2) is 18.4 Å². The molecule has 0 fully saturated rings. The summed E-state index contributed by atoms with van der Waals surface area (Å²) in [5.41, 5.74) is 3.91. The number of rotatable bonds is 3. The van der Waals surface area contributed by atoms with Crippen LogP contribution in [0.2, 0.25) is 0 Å². The van der Waals surface area contributed by atoms with E-state index in [1.165, 1.54) is 11.3 Å². The molecule has 3 rings (SSSR count). The molecular formula is C14H14N4O2S. The van der Waals surface area contributed by atoms with Crippen LogP contribution in [0.5, 0.6) is 0 Å². The van der Waals surface area contributed by atoms with Crippen LogP contribution in [0.3, 0.4) is 0 Å². The SMILES string of the molecule is NNC(=O)c1ccc(CN2CC(=O)Nc3ccccc32)s1. The smallest absolute Gasteiger partial charge is 0.275 e. The maximum absolute atomic E-state index is 11.8. The Bertz CT molecular complexity index is 698. The van der Waals surface area contributed by atoms with Crippen molar-refractivity contribution in [3.63, 3.8) is 0 Å². The van der Waals surface area contributed by atoms with Gasteiger partial charge < -0.3 is 10.2 Å². The third kappa shape index (κ3) is 2.74. The van der Waals surface area contributed by atoms with Gasteiger partial charge in [0.05, 0.1) is 29.3 Å². The monoisotopic (exact) mass is 302 g/mol. The van der Waals surface area contributed by atoms with Crippen LogP contribution >= 0.6 is 11.3 Å². The molecule has 0 radical (unpaired) electrons. The summed E-state index contributed by atoms with van der Waals surface area (Å²) < 4.78 is 0. The second-order valence-corrected chi connectivity index (χ2v) is 5.83. The average molecular weight is 302 g/mol. The number of thiophene rings is 1. The molecule has 0 atom stereocenters. The summed E-state index contributed by atoms with van der Waals surface area (Å²) in [5.74, 6) is 4.78. The number of nitrogens with two attached hydrogens (primary N) is 1. The molecule has 1 aliphatic rings. The molecule has 2 amide bonds. The highest BCUT2D eigenvalue weighted by Crippen LogP contribution is 2.31. The van der Waals surface area contributed by atoms with Gasteiger partial charge in [-0.1, -0.05) is 12.1 Å². The number of hydrogen-bond acceptors (Lipinski definition) is 5. The van der Waals surface area contributed by atoms with Gasteiger partial charge in [-0.2, -0.15) is 0 Å². The molecule has 7 heteroatoms. The summed E-state index contributed by atoms with van der Waals surface area (Å²) in [6, 6.07) is 11.3. The molecule has 6 nitrogen and oxygen atoms in total. The lowest BCUT2D eigenvalue weighted by molar-refractivity contribution is -0.115. The first-order valence-electron chi connectivity index (χ1n) is 6.41. The van der Waals surface area contributed by atoms with Gasteiger partial charge in [-0.25, -0.2) is 5.84 Å². The number of benzene rings is 1. The molecule has 1 aromatic heterocycles. The van der Waals surface area contributed by atoms with Gasteiger partial charge in [0, 0.05) is 4.88 Å². The summed E-state index contributed by atoms with van der Waals surface area (Å²) in [4.78, 5) is 26.8. The lowest BCUT2D eigenvalue weighted by Gasteiger charge is -2.30. The Kier molecular flexibility index (Phi) is 3.59. The van der Waals surface area contributed by atoms with Gasteiger partial charge in [-0.05, 0) is 24.3 Å². The van der Waals surface area contributed by atoms with Crippen LogP contribution in [0.1, 0.15) is 14.5 Å². The first kappa shape index (κ1) is 13.6. The third-order valence-electron chi connectivity index (χ3n) is 3.22. The minimum Gasteiger partial charge on any atom is -0.355 e. The van der Waals surface area contributed by atoms with E-state index in [4.69, 9.17) is 5.84 Å². The van der Waals surface area contributed by atoms with Crippen LogP contribution in [0.15, 0.2) is 36.4 Å². The highest BCUT2D eigenvalue weighted by atomic mass is 32.1. The zero-order valence-electron chi connectivity index (χ0n) is 11.1. The predicted octanol–water partition coefficient (Wildman–Crippen LogP) is 1.31. The summed E-state index contributed by atoms with van der Waals surface area (Å²) in [6.07, 6.45) is 0. The topological polar surface area (TPSA) is 87.5 Å². The van der Waals surface area contributed by atoms with E-state index in [-0.39, 0.29) is 11.8 Å².